The Morgan fingerprint density at radius 3 is 2.64 bits per heavy atom. The summed E-state index contributed by atoms with van der Waals surface area (Å²) in [4.78, 5) is 12.7. The van der Waals surface area contributed by atoms with E-state index in [-0.39, 0.29) is 29.1 Å². The van der Waals surface area contributed by atoms with Crippen molar-refractivity contribution in [3.63, 3.8) is 0 Å². The Morgan fingerprint density at radius 2 is 2.00 bits per heavy atom. The number of aromatic hydroxyl groups is 1. The molecule has 4 N–H and O–H groups in total. The van der Waals surface area contributed by atoms with Crippen LogP contribution < -0.4 is 4.74 Å². The summed E-state index contributed by atoms with van der Waals surface area (Å²) in [5.41, 5.74) is -1.02. The fourth-order valence-corrected chi connectivity index (χ4v) is 3.76. The summed E-state index contributed by atoms with van der Waals surface area (Å²) in [6, 6.07) is 2.82. The normalized spacial score (nSPS) is 37.4. The summed E-state index contributed by atoms with van der Waals surface area (Å²) in [6.45, 7) is 1.50. The molecule has 0 unspecified atom stereocenters. The number of ketones is 1. The molecule has 0 aliphatic heterocycles. The second-order valence-electron chi connectivity index (χ2n) is 6.44. The van der Waals surface area contributed by atoms with E-state index in [1.807, 2.05) is 0 Å². The van der Waals surface area contributed by atoms with Gasteiger partial charge in [0.25, 0.3) is 0 Å². The van der Waals surface area contributed by atoms with Crippen molar-refractivity contribution in [3.05, 3.63) is 23.3 Å². The maximum Gasteiger partial charge on any atom is 0.170 e. The molecule has 2 aliphatic carbocycles. The number of aliphatic hydroxyl groups excluding tert-OH is 2. The number of carbonyl (C=O) groups excluding carboxylic acids is 1. The molecule has 1 aromatic rings. The maximum atomic E-state index is 12.7. The first-order chi connectivity index (χ1) is 10.3. The predicted molar refractivity (Wildman–Crippen MR) is 76.8 cm³/mol. The molecule has 0 saturated heterocycles. The molecular formula is C16H20O6. The van der Waals surface area contributed by atoms with Gasteiger partial charge in [0.1, 0.15) is 11.5 Å². The van der Waals surface area contributed by atoms with Crippen LogP contribution in [0.4, 0.5) is 0 Å². The molecule has 2 aliphatic rings. The van der Waals surface area contributed by atoms with Crippen LogP contribution in [-0.2, 0) is 0 Å². The maximum absolute atomic E-state index is 12.7. The number of rotatable bonds is 1. The minimum absolute atomic E-state index is 0.0864. The van der Waals surface area contributed by atoms with E-state index in [1.165, 1.54) is 26.2 Å². The Bertz CT molecular complexity index is 623. The van der Waals surface area contributed by atoms with Gasteiger partial charge in [-0.15, -0.1) is 0 Å². The van der Waals surface area contributed by atoms with Crippen LogP contribution in [0.1, 0.15) is 41.8 Å². The summed E-state index contributed by atoms with van der Waals surface area (Å²) in [5.74, 6) is -1.63. The zero-order valence-electron chi connectivity index (χ0n) is 12.5. The van der Waals surface area contributed by atoms with Crippen LogP contribution in [-0.4, -0.2) is 45.0 Å². The van der Waals surface area contributed by atoms with Crippen LogP contribution >= 0.6 is 0 Å². The lowest BCUT2D eigenvalue weighted by molar-refractivity contribution is -0.154. The van der Waals surface area contributed by atoms with E-state index in [2.05, 4.69) is 0 Å². The van der Waals surface area contributed by atoms with Gasteiger partial charge in [0.15, 0.2) is 5.78 Å². The summed E-state index contributed by atoms with van der Waals surface area (Å²) in [6.07, 6.45) is -1.75. The molecule has 1 saturated carbocycles. The Hall–Kier alpha value is -1.63. The van der Waals surface area contributed by atoms with E-state index in [9.17, 15) is 25.2 Å². The van der Waals surface area contributed by atoms with Crippen LogP contribution in [0.5, 0.6) is 11.5 Å². The summed E-state index contributed by atoms with van der Waals surface area (Å²) in [5, 5.41) is 41.4. The Balaban J connectivity index is 2.14. The monoisotopic (exact) mass is 308 g/mol. The number of benzene rings is 1. The first-order valence-electron chi connectivity index (χ1n) is 7.31. The summed E-state index contributed by atoms with van der Waals surface area (Å²) >= 11 is 0. The van der Waals surface area contributed by atoms with Crippen molar-refractivity contribution in [2.24, 2.45) is 11.8 Å². The van der Waals surface area contributed by atoms with Gasteiger partial charge in [-0.25, -0.2) is 0 Å². The number of fused-ring (bicyclic) bond motifs is 2. The smallest absolute Gasteiger partial charge is 0.170 e. The first-order valence-corrected chi connectivity index (χ1v) is 7.31. The third-order valence-corrected chi connectivity index (χ3v) is 5.05. The average Bonchev–Trinajstić information content (AvgIpc) is 2.46. The minimum atomic E-state index is -1.35. The molecule has 0 spiro atoms. The SMILES string of the molecule is COc1cc(O)c2c(c1)[C@H](O)[C@@H]1[C@H](CC[C@@](C)(O)[C@@H]1O)C2=O. The molecule has 6 nitrogen and oxygen atoms in total. The van der Waals surface area contributed by atoms with E-state index in [1.54, 1.807) is 0 Å². The minimum Gasteiger partial charge on any atom is -0.507 e. The largest absolute Gasteiger partial charge is 0.507 e. The zero-order chi connectivity index (χ0) is 16.2. The number of aliphatic hydroxyl groups is 3. The number of ether oxygens (including phenoxy) is 1. The van der Waals surface area contributed by atoms with Gasteiger partial charge in [0.2, 0.25) is 0 Å². The molecule has 1 fully saturated rings. The second-order valence-corrected chi connectivity index (χ2v) is 6.44. The van der Waals surface area contributed by atoms with E-state index in [4.69, 9.17) is 4.74 Å². The quantitative estimate of drug-likeness (QED) is 0.610. The van der Waals surface area contributed by atoms with Gasteiger partial charge in [0.05, 0.1) is 30.5 Å². The lowest BCUT2D eigenvalue weighted by Gasteiger charge is -2.47. The van der Waals surface area contributed by atoms with Crippen molar-refractivity contribution in [1.29, 1.82) is 0 Å². The molecular weight excluding hydrogens is 288 g/mol. The Morgan fingerprint density at radius 1 is 1.32 bits per heavy atom. The molecule has 0 aromatic heterocycles. The molecule has 0 radical (unpaired) electrons. The number of hydrogen-bond donors (Lipinski definition) is 4. The van der Waals surface area contributed by atoms with Crippen LogP contribution in [0.2, 0.25) is 0 Å². The third kappa shape index (κ3) is 2.02. The lowest BCUT2D eigenvalue weighted by Crippen LogP contribution is -2.55. The topological polar surface area (TPSA) is 107 Å². The Labute approximate surface area is 128 Å². The fraction of sp³-hybridized carbons (Fsp3) is 0.562. The van der Waals surface area contributed by atoms with E-state index in [0.717, 1.165) is 0 Å². The zero-order valence-corrected chi connectivity index (χ0v) is 12.5. The van der Waals surface area contributed by atoms with Crippen molar-refractivity contribution >= 4 is 5.78 Å². The van der Waals surface area contributed by atoms with Gasteiger partial charge < -0.3 is 25.2 Å². The molecule has 3 rings (SSSR count). The molecule has 0 amide bonds. The highest BCUT2D eigenvalue weighted by atomic mass is 16.5. The first kappa shape index (κ1) is 15.3. The second kappa shape index (κ2) is 4.94. The molecule has 6 heteroatoms. The predicted octanol–water partition coefficient (Wildman–Crippen LogP) is 0.769. The van der Waals surface area contributed by atoms with Crippen LogP contribution in [0.15, 0.2) is 12.1 Å². The number of phenolic OH excluding ortho intramolecular Hbond substituents is 1. The van der Waals surface area contributed by atoms with Gasteiger partial charge in [0, 0.05) is 17.9 Å². The van der Waals surface area contributed by atoms with Gasteiger partial charge in [-0.2, -0.15) is 0 Å². The van der Waals surface area contributed by atoms with Crippen molar-refractivity contribution < 1.29 is 30.0 Å². The molecule has 22 heavy (non-hydrogen) atoms. The molecule has 0 heterocycles. The standard InChI is InChI=1S/C16H20O6/c1-16(21)4-3-8-12(15(16)20)14(19)9-5-7(22-2)6-10(17)11(9)13(8)18/h5-6,8,12,14-15,17,19-21H,3-4H2,1-2H3/t8-,12-,14-,15+,16+/m0/s1. The Kier molecular flexibility index (Phi) is 3.43. The number of methoxy groups -OCH3 is 1. The third-order valence-electron chi connectivity index (χ3n) is 5.05. The molecule has 120 valence electrons. The number of Topliss-reactive ketones (excluding diaryl/α,β-unsaturated/α-hetero) is 1. The molecule has 0 bridgehead atoms. The van der Waals surface area contributed by atoms with Crippen LogP contribution in [0, 0.1) is 11.8 Å². The van der Waals surface area contributed by atoms with Gasteiger partial charge >= 0.3 is 0 Å². The van der Waals surface area contributed by atoms with E-state index in [0.29, 0.717) is 12.2 Å². The molecule has 1 aromatic carbocycles. The van der Waals surface area contributed by atoms with Crippen LogP contribution in [0.25, 0.3) is 0 Å². The fourth-order valence-electron chi connectivity index (χ4n) is 3.76. The van der Waals surface area contributed by atoms with Crippen LogP contribution in [0.3, 0.4) is 0 Å². The number of carbonyl (C=O) groups is 1. The number of hydrogen-bond acceptors (Lipinski definition) is 6. The van der Waals surface area contributed by atoms with Crippen molar-refractivity contribution in [3.8, 4) is 11.5 Å². The van der Waals surface area contributed by atoms with Crippen molar-refractivity contribution in [2.75, 3.05) is 7.11 Å². The van der Waals surface area contributed by atoms with E-state index >= 15 is 0 Å². The average molecular weight is 308 g/mol. The van der Waals surface area contributed by atoms with E-state index < -0.39 is 29.6 Å². The van der Waals surface area contributed by atoms with Crippen molar-refractivity contribution in [1.82, 2.24) is 0 Å². The van der Waals surface area contributed by atoms with Gasteiger partial charge in [-0.1, -0.05) is 0 Å². The van der Waals surface area contributed by atoms with Crippen molar-refractivity contribution in [2.45, 2.75) is 37.6 Å². The highest BCUT2D eigenvalue weighted by Gasteiger charge is 2.54. The highest BCUT2D eigenvalue weighted by Crippen LogP contribution is 2.50. The van der Waals surface area contributed by atoms with Gasteiger partial charge in [-0.05, 0) is 31.4 Å². The van der Waals surface area contributed by atoms with Gasteiger partial charge in [-0.3, -0.25) is 4.79 Å². The molecule has 5 atom stereocenters. The lowest BCUT2D eigenvalue weighted by atomic mass is 9.61. The highest BCUT2D eigenvalue weighted by molar-refractivity contribution is 6.03. The summed E-state index contributed by atoms with van der Waals surface area (Å²) < 4.78 is 5.05. The number of phenols is 1. The summed E-state index contributed by atoms with van der Waals surface area (Å²) in [7, 11) is 1.42.